The average Bonchev–Trinajstić information content (AvgIpc) is 2.58. The fourth-order valence-electron chi connectivity index (χ4n) is 1.66. The summed E-state index contributed by atoms with van der Waals surface area (Å²) in [7, 11) is 0. The monoisotopic (exact) mass is 196 g/mol. The van der Waals surface area contributed by atoms with Gasteiger partial charge in [0.05, 0.1) is 6.42 Å². The van der Waals surface area contributed by atoms with Crippen LogP contribution >= 0.6 is 0 Å². The summed E-state index contributed by atoms with van der Waals surface area (Å²) >= 11 is 0. The van der Waals surface area contributed by atoms with E-state index in [4.69, 9.17) is 0 Å². The van der Waals surface area contributed by atoms with Crippen molar-refractivity contribution in [2.24, 2.45) is 5.10 Å². The van der Waals surface area contributed by atoms with Crippen molar-refractivity contribution in [2.45, 2.75) is 58.3 Å². The van der Waals surface area contributed by atoms with Crippen LogP contribution in [0.2, 0.25) is 0 Å². The Balaban J connectivity index is 1.91. The molecule has 1 aliphatic heterocycles. The van der Waals surface area contributed by atoms with Gasteiger partial charge < -0.3 is 0 Å². The van der Waals surface area contributed by atoms with Crippen molar-refractivity contribution in [1.82, 2.24) is 5.43 Å². The molecule has 0 aromatic heterocycles. The van der Waals surface area contributed by atoms with Gasteiger partial charge in [-0.25, -0.2) is 5.43 Å². The first kappa shape index (κ1) is 11.2. The number of amides is 1. The summed E-state index contributed by atoms with van der Waals surface area (Å²) in [4.78, 5) is 10.8. The predicted octanol–water partition coefficient (Wildman–Crippen LogP) is 2.61. The summed E-state index contributed by atoms with van der Waals surface area (Å²) in [5.41, 5.74) is 3.51. The van der Waals surface area contributed by atoms with Crippen molar-refractivity contribution in [3.63, 3.8) is 0 Å². The summed E-state index contributed by atoms with van der Waals surface area (Å²) in [5, 5.41) is 3.97. The largest absolute Gasteiger partial charge is 0.273 e. The molecule has 0 bridgehead atoms. The molecule has 0 aromatic rings. The summed E-state index contributed by atoms with van der Waals surface area (Å²) < 4.78 is 0. The molecule has 0 unspecified atom stereocenters. The molecule has 3 nitrogen and oxygen atoms in total. The lowest BCUT2D eigenvalue weighted by Gasteiger charge is -1.99. The molecule has 1 N–H and O–H groups in total. The van der Waals surface area contributed by atoms with Gasteiger partial charge in [-0.1, -0.05) is 39.0 Å². The van der Waals surface area contributed by atoms with Crippen LogP contribution in [0.25, 0.3) is 0 Å². The van der Waals surface area contributed by atoms with Crippen LogP contribution < -0.4 is 5.43 Å². The topological polar surface area (TPSA) is 41.5 Å². The molecule has 0 aromatic carbocycles. The van der Waals surface area contributed by atoms with Gasteiger partial charge in [0.15, 0.2) is 0 Å². The summed E-state index contributed by atoms with van der Waals surface area (Å²) in [6.45, 7) is 2.23. The Morgan fingerprint density at radius 1 is 1.21 bits per heavy atom. The number of hydrogen-bond donors (Lipinski definition) is 1. The SMILES string of the molecule is CCCCCCCCC1=NNC(=O)C1. The van der Waals surface area contributed by atoms with Crippen LogP contribution in [0.5, 0.6) is 0 Å². The van der Waals surface area contributed by atoms with Gasteiger partial charge in [-0.05, 0) is 12.8 Å². The maximum absolute atomic E-state index is 10.8. The van der Waals surface area contributed by atoms with Crippen LogP contribution in [0.4, 0.5) is 0 Å². The summed E-state index contributed by atoms with van der Waals surface area (Å²) in [6.07, 6.45) is 9.28. The average molecular weight is 196 g/mol. The highest BCUT2D eigenvalue weighted by atomic mass is 16.2. The van der Waals surface area contributed by atoms with Crippen LogP contribution in [-0.2, 0) is 4.79 Å². The molecule has 1 aliphatic rings. The molecule has 1 heterocycles. The molecule has 0 fully saturated rings. The van der Waals surface area contributed by atoms with Crippen LogP contribution in [0, 0.1) is 0 Å². The van der Waals surface area contributed by atoms with E-state index in [2.05, 4.69) is 17.5 Å². The van der Waals surface area contributed by atoms with Crippen molar-refractivity contribution < 1.29 is 4.79 Å². The second-order valence-electron chi connectivity index (χ2n) is 3.91. The first-order chi connectivity index (χ1) is 6.83. The van der Waals surface area contributed by atoms with Crippen LogP contribution in [0.3, 0.4) is 0 Å². The van der Waals surface area contributed by atoms with Gasteiger partial charge in [0.2, 0.25) is 5.91 Å². The molecule has 0 saturated carbocycles. The Morgan fingerprint density at radius 3 is 2.57 bits per heavy atom. The third-order valence-electron chi connectivity index (χ3n) is 2.52. The number of carbonyl (C=O) groups is 1. The van der Waals surface area contributed by atoms with Gasteiger partial charge in [-0.15, -0.1) is 0 Å². The van der Waals surface area contributed by atoms with Gasteiger partial charge in [-0.3, -0.25) is 4.79 Å². The second kappa shape index (κ2) is 6.57. The Labute approximate surface area is 86.0 Å². The maximum atomic E-state index is 10.8. The van der Waals surface area contributed by atoms with Crippen LogP contribution in [0.1, 0.15) is 58.3 Å². The third-order valence-corrected chi connectivity index (χ3v) is 2.52. The Bertz CT molecular complexity index is 211. The highest BCUT2D eigenvalue weighted by molar-refractivity contribution is 6.04. The predicted molar refractivity (Wildman–Crippen MR) is 58.2 cm³/mol. The molecule has 1 rings (SSSR count). The maximum Gasteiger partial charge on any atom is 0.245 e. The summed E-state index contributed by atoms with van der Waals surface area (Å²) in [6, 6.07) is 0. The van der Waals surface area contributed by atoms with E-state index in [-0.39, 0.29) is 5.91 Å². The quantitative estimate of drug-likeness (QED) is 0.625. The number of rotatable bonds is 7. The molecular weight excluding hydrogens is 176 g/mol. The fourth-order valence-corrected chi connectivity index (χ4v) is 1.66. The Kier molecular flexibility index (Phi) is 5.27. The van der Waals surface area contributed by atoms with Gasteiger partial charge in [0.25, 0.3) is 0 Å². The van der Waals surface area contributed by atoms with Crippen molar-refractivity contribution in [3.8, 4) is 0 Å². The zero-order valence-electron chi connectivity index (χ0n) is 9.01. The zero-order chi connectivity index (χ0) is 10.2. The van der Waals surface area contributed by atoms with Crippen LogP contribution in [-0.4, -0.2) is 11.6 Å². The lowest BCUT2D eigenvalue weighted by atomic mass is 10.1. The van der Waals surface area contributed by atoms with Gasteiger partial charge in [0, 0.05) is 5.71 Å². The molecule has 0 radical (unpaired) electrons. The van der Waals surface area contributed by atoms with Gasteiger partial charge in [0.1, 0.15) is 0 Å². The lowest BCUT2D eigenvalue weighted by Crippen LogP contribution is -2.09. The van der Waals surface area contributed by atoms with E-state index in [9.17, 15) is 4.79 Å². The van der Waals surface area contributed by atoms with E-state index >= 15 is 0 Å². The Hall–Kier alpha value is -0.860. The minimum Gasteiger partial charge on any atom is -0.273 e. The highest BCUT2D eigenvalue weighted by Crippen LogP contribution is 2.09. The standard InChI is InChI=1S/C11H20N2O/c1-2-3-4-5-6-7-8-10-9-11(14)13-12-10/h2-9H2,1H3,(H,13,14). The van der Waals surface area contributed by atoms with Crippen molar-refractivity contribution in [3.05, 3.63) is 0 Å². The summed E-state index contributed by atoms with van der Waals surface area (Å²) in [5.74, 6) is 0.0472. The molecule has 0 aliphatic carbocycles. The molecular formula is C11H20N2O. The van der Waals surface area contributed by atoms with E-state index in [0.717, 1.165) is 12.1 Å². The van der Waals surface area contributed by atoms with E-state index < -0.39 is 0 Å². The minimum absolute atomic E-state index is 0.0472. The lowest BCUT2D eigenvalue weighted by molar-refractivity contribution is -0.119. The molecule has 0 spiro atoms. The first-order valence-electron chi connectivity index (χ1n) is 5.67. The molecule has 14 heavy (non-hydrogen) atoms. The van der Waals surface area contributed by atoms with Crippen molar-refractivity contribution >= 4 is 11.6 Å². The molecule has 3 heteroatoms. The normalized spacial score (nSPS) is 15.5. The second-order valence-corrected chi connectivity index (χ2v) is 3.91. The molecule has 80 valence electrons. The number of carbonyl (C=O) groups excluding carboxylic acids is 1. The number of hydrogen-bond acceptors (Lipinski definition) is 2. The smallest absolute Gasteiger partial charge is 0.245 e. The van der Waals surface area contributed by atoms with Crippen molar-refractivity contribution in [1.29, 1.82) is 0 Å². The van der Waals surface area contributed by atoms with Gasteiger partial charge >= 0.3 is 0 Å². The number of hydrazone groups is 1. The van der Waals surface area contributed by atoms with E-state index in [1.54, 1.807) is 0 Å². The zero-order valence-corrected chi connectivity index (χ0v) is 9.01. The van der Waals surface area contributed by atoms with Crippen molar-refractivity contribution in [2.75, 3.05) is 0 Å². The molecule has 0 atom stereocenters. The van der Waals surface area contributed by atoms with Gasteiger partial charge in [-0.2, -0.15) is 5.10 Å². The molecule has 1 amide bonds. The minimum atomic E-state index is 0.0472. The third kappa shape index (κ3) is 4.40. The van der Waals surface area contributed by atoms with E-state index in [1.807, 2.05) is 0 Å². The fraction of sp³-hybridized carbons (Fsp3) is 0.818. The van der Waals surface area contributed by atoms with Crippen LogP contribution in [0.15, 0.2) is 5.10 Å². The Morgan fingerprint density at radius 2 is 1.93 bits per heavy atom. The number of nitrogens with zero attached hydrogens (tertiary/aromatic N) is 1. The first-order valence-corrected chi connectivity index (χ1v) is 5.67. The van der Waals surface area contributed by atoms with E-state index in [0.29, 0.717) is 6.42 Å². The molecule has 0 saturated heterocycles. The van der Waals surface area contributed by atoms with E-state index in [1.165, 1.54) is 38.5 Å². The highest BCUT2D eigenvalue weighted by Gasteiger charge is 2.12. The number of unbranched alkanes of at least 4 members (excludes halogenated alkanes) is 5. The number of nitrogens with one attached hydrogen (secondary N) is 1.